The summed E-state index contributed by atoms with van der Waals surface area (Å²) >= 11 is 5.91. The average Bonchev–Trinajstić information content (AvgIpc) is 3.34. The molecule has 1 saturated carbocycles. The fourth-order valence-corrected chi connectivity index (χ4v) is 3.79. The van der Waals surface area contributed by atoms with Crippen LogP contribution in [0.1, 0.15) is 24.5 Å². The summed E-state index contributed by atoms with van der Waals surface area (Å²) in [7, 11) is -3.71. The fourth-order valence-electron chi connectivity index (χ4n) is 2.25. The maximum Gasteiger partial charge on any atom is 0.266 e. The number of hydrogen-bond donors (Lipinski definition) is 1. The Labute approximate surface area is 139 Å². The van der Waals surface area contributed by atoms with Gasteiger partial charge in [0.2, 0.25) is 10.0 Å². The third kappa shape index (κ3) is 3.80. The molecule has 1 aliphatic carbocycles. The molecule has 1 heterocycles. The van der Waals surface area contributed by atoms with E-state index in [1.165, 1.54) is 22.9 Å². The topological polar surface area (TPSA) is 81.1 Å². The van der Waals surface area contributed by atoms with Crippen molar-refractivity contribution in [1.29, 1.82) is 0 Å². The van der Waals surface area contributed by atoms with E-state index in [1.807, 2.05) is 0 Å². The highest BCUT2D eigenvalue weighted by atomic mass is 35.5. The number of halogens is 1. The Morgan fingerprint density at radius 3 is 2.65 bits per heavy atom. The normalized spacial score (nSPS) is 14.8. The van der Waals surface area contributed by atoms with Crippen LogP contribution in [0.15, 0.2) is 46.1 Å². The van der Waals surface area contributed by atoms with Crippen molar-refractivity contribution in [2.75, 3.05) is 6.54 Å². The van der Waals surface area contributed by atoms with E-state index in [-0.39, 0.29) is 28.6 Å². The van der Waals surface area contributed by atoms with E-state index in [1.54, 1.807) is 18.2 Å². The highest BCUT2D eigenvalue weighted by molar-refractivity contribution is 7.89. The molecule has 3 rings (SSSR count). The van der Waals surface area contributed by atoms with E-state index in [2.05, 4.69) is 9.82 Å². The van der Waals surface area contributed by atoms with Crippen LogP contribution < -0.4 is 10.3 Å². The van der Waals surface area contributed by atoms with Crippen LogP contribution in [0, 0.1) is 0 Å². The van der Waals surface area contributed by atoms with Gasteiger partial charge in [-0.1, -0.05) is 23.7 Å². The van der Waals surface area contributed by atoms with Crippen molar-refractivity contribution in [3.63, 3.8) is 0 Å². The van der Waals surface area contributed by atoms with E-state index in [9.17, 15) is 13.2 Å². The van der Waals surface area contributed by atoms with Crippen molar-refractivity contribution in [2.45, 2.75) is 30.2 Å². The van der Waals surface area contributed by atoms with E-state index in [4.69, 9.17) is 11.6 Å². The average molecular weight is 354 g/mol. The summed E-state index contributed by atoms with van der Waals surface area (Å²) in [6.07, 6.45) is 2.18. The minimum Gasteiger partial charge on any atom is -0.268 e. The van der Waals surface area contributed by atoms with Gasteiger partial charge in [-0.25, -0.2) is 17.8 Å². The maximum absolute atomic E-state index is 12.2. The fraction of sp³-hybridized carbons (Fsp3) is 0.333. The van der Waals surface area contributed by atoms with Gasteiger partial charge >= 0.3 is 0 Å². The second-order valence-electron chi connectivity index (χ2n) is 5.42. The summed E-state index contributed by atoms with van der Waals surface area (Å²) in [6.45, 7) is 0.234. The molecule has 6 nitrogen and oxygen atoms in total. The Morgan fingerprint density at radius 1 is 1.22 bits per heavy atom. The number of aromatic nitrogens is 2. The maximum atomic E-state index is 12.2. The highest BCUT2D eigenvalue weighted by Gasteiger charge is 2.25. The smallest absolute Gasteiger partial charge is 0.266 e. The Balaban J connectivity index is 1.69. The monoisotopic (exact) mass is 353 g/mol. The van der Waals surface area contributed by atoms with Crippen molar-refractivity contribution in [3.8, 4) is 0 Å². The zero-order valence-corrected chi connectivity index (χ0v) is 13.8. The van der Waals surface area contributed by atoms with E-state index in [0.717, 1.165) is 18.5 Å². The van der Waals surface area contributed by atoms with Gasteiger partial charge in [-0.05, 0) is 31.0 Å². The second-order valence-corrected chi connectivity index (χ2v) is 7.56. The molecule has 1 aromatic heterocycles. The quantitative estimate of drug-likeness (QED) is 0.857. The van der Waals surface area contributed by atoms with E-state index in [0.29, 0.717) is 5.92 Å². The number of rotatable bonds is 6. The molecule has 122 valence electrons. The molecule has 0 radical (unpaired) electrons. The van der Waals surface area contributed by atoms with Crippen molar-refractivity contribution in [3.05, 3.63) is 57.5 Å². The van der Waals surface area contributed by atoms with Gasteiger partial charge < -0.3 is 0 Å². The van der Waals surface area contributed by atoms with Crippen LogP contribution in [-0.4, -0.2) is 24.7 Å². The molecule has 0 unspecified atom stereocenters. The van der Waals surface area contributed by atoms with Crippen molar-refractivity contribution < 1.29 is 8.42 Å². The second kappa shape index (κ2) is 6.43. The summed E-state index contributed by atoms with van der Waals surface area (Å²) in [5.41, 5.74) is 0.643. The zero-order chi connectivity index (χ0) is 16.4. The number of sulfonamides is 1. The minimum atomic E-state index is -3.71. The van der Waals surface area contributed by atoms with E-state index >= 15 is 0 Å². The summed E-state index contributed by atoms with van der Waals surface area (Å²) in [5, 5.41) is 4.45. The molecule has 0 saturated heterocycles. The van der Waals surface area contributed by atoms with Crippen LogP contribution in [0.5, 0.6) is 0 Å². The Bertz CT molecular complexity index is 876. The van der Waals surface area contributed by atoms with Crippen molar-refractivity contribution in [1.82, 2.24) is 14.5 Å². The van der Waals surface area contributed by atoms with Gasteiger partial charge in [0, 0.05) is 18.5 Å². The molecule has 1 fully saturated rings. The number of nitrogens with one attached hydrogen (secondary N) is 1. The molecule has 0 aliphatic heterocycles. The van der Waals surface area contributed by atoms with Crippen molar-refractivity contribution in [2.24, 2.45) is 0 Å². The highest BCUT2D eigenvalue weighted by Crippen LogP contribution is 2.38. The number of benzene rings is 1. The zero-order valence-electron chi connectivity index (χ0n) is 12.3. The molecule has 0 amide bonds. The molecular formula is C15H16ClN3O3S. The first-order chi connectivity index (χ1) is 11.0. The van der Waals surface area contributed by atoms with Gasteiger partial charge in [-0.15, -0.1) is 0 Å². The van der Waals surface area contributed by atoms with Crippen LogP contribution >= 0.6 is 11.6 Å². The van der Waals surface area contributed by atoms with Crippen LogP contribution in [0.25, 0.3) is 0 Å². The molecule has 0 atom stereocenters. The van der Waals surface area contributed by atoms with Gasteiger partial charge in [0.25, 0.3) is 5.56 Å². The third-order valence-corrected chi connectivity index (χ3v) is 5.59. The molecule has 1 N–H and O–H groups in total. The van der Waals surface area contributed by atoms with Crippen LogP contribution in [-0.2, 0) is 16.6 Å². The largest absolute Gasteiger partial charge is 0.268 e. The summed E-state index contributed by atoms with van der Waals surface area (Å²) in [6, 6.07) is 9.43. The molecule has 2 aromatic rings. The van der Waals surface area contributed by atoms with Crippen LogP contribution in [0.3, 0.4) is 0 Å². The van der Waals surface area contributed by atoms with E-state index < -0.39 is 10.0 Å². The van der Waals surface area contributed by atoms with Gasteiger partial charge in [0.1, 0.15) is 4.90 Å². The molecule has 23 heavy (non-hydrogen) atoms. The Hall–Kier alpha value is -1.70. The molecule has 8 heteroatoms. The Morgan fingerprint density at radius 2 is 1.96 bits per heavy atom. The summed E-state index contributed by atoms with van der Waals surface area (Å²) in [5.74, 6) is 0.432. The number of nitrogens with zero attached hydrogens (tertiary/aromatic N) is 2. The van der Waals surface area contributed by atoms with Crippen LogP contribution in [0.4, 0.5) is 0 Å². The van der Waals surface area contributed by atoms with Gasteiger partial charge in [0.15, 0.2) is 0 Å². The molecular weight excluding hydrogens is 338 g/mol. The molecule has 0 bridgehead atoms. The molecule has 1 aromatic carbocycles. The lowest BCUT2D eigenvalue weighted by atomic mass is 10.3. The predicted molar refractivity (Wildman–Crippen MR) is 87.1 cm³/mol. The van der Waals surface area contributed by atoms with Crippen molar-refractivity contribution >= 4 is 21.6 Å². The minimum absolute atomic E-state index is 0.0219. The predicted octanol–water partition coefficient (Wildman–Crippen LogP) is 1.75. The first-order valence-electron chi connectivity index (χ1n) is 7.29. The molecule has 1 aliphatic rings. The number of hydrogen-bond acceptors (Lipinski definition) is 4. The first-order valence-corrected chi connectivity index (χ1v) is 9.16. The van der Waals surface area contributed by atoms with Gasteiger partial charge in [-0.3, -0.25) is 4.79 Å². The van der Waals surface area contributed by atoms with Gasteiger partial charge in [0.05, 0.1) is 17.3 Å². The SMILES string of the molecule is O=c1ccc(C2CC2)nn1CCNS(=O)(=O)c1ccccc1Cl. The third-order valence-electron chi connectivity index (χ3n) is 3.62. The Kier molecular flexibility index (Phi) is 4.52. The lowest BCUT2D eigenvalue weighted by Crippen LogP contribution is -2.32. The standard InChI is InChI=1S/C15H16ClN3O3S/c16-12-3-1-2-4-14(12)23(21,22)17-9-10-19-15(20)8-7-13(18-19)11-5-6-11/h1-4,7-8,11,17H,5-6,9-10H2. The lowest BCUT2D eigenvalue weighted by Gasteiger charge is -2.09. The summed E-state index contributed by atoms with van der Waals surface area (Å²) in [4.78, 5) is 11.8. The first kappa shape index (κ1) is 16.2. The lowest BCUT2D eigenvalue weighted by molar-refractivity contribution is 0.541. The molecule has 0 spiro atoms. The van der Waals surface area contributed by atoms with Crippen LogP contribution in [0.2, 0.25) is 5.02 Å². The van der Waals surface area contributed by atoms with Gasteiger partial charge in [-0.2, -0.15) is 5.10 Å². The summed E-state index contributed by atoms with van der Waals surface area (Å²) < 4.78 is 28.2.